The minimum Gasteiger partial charge on any atom is -0.326 e. The molecule has 1 aromatic carbocycles. The molecule has 9 heteroatoms. The monoisotopic (exact) mass is 457 g/mol. The lowest BCUT2D eigenvalue weighted by Crippen LogP contribution is -2.31. The zero-order chi connectivity index (χ0) is 23.1. The maximum Gasteiger partial charge on any atom is 0.348 e. The molecule has 1 aromatic heterocycles. The van der Waals surface area contributed by atoms with Gasteiger partial charge in [0.15, 0.2) is 0 Å². The molecule has 0 radical (unpaired) electrons. The molecule has 172 valence electrons. The summed E-state index contributed by atoms with van der Waals surface area (Å²) in [5.74, 6) is -0.130. The molecular weight excluding hydrogens is 426 g/mol. The Balaban J connectivity index is 1.65. The van der Waals surface area contributed by atoms with E-state index >= 15 is 0 Å². The first-order chi connectivity index (χ1) is 15.3. The number of carbonyl (C=O) groups is 2. The second-order valence-corrected chi connectivity index (χ2v) is 9.20. The maximum absolute atomic E-state index is 12.7. The van der Waals surface area contributed by atoms with Crippen molar-refractivity contribution in [3.05, 3.63) is 46.0 Å². The van der Waals surface area contributed by atoms with Gasteiger partial charge in [0, 0.05) is 36.1 Å². The third-order valence-electron chi connectivity index (χ3n) is 5.27. The predicted octanol–water partition coefficient (Wildman–Crippen LogP) is 2.76. The molecule has 0 fully saturated rings. The van der Waals surface area contributed by atoms with Crippen molar-refractivity contribution in [2.75, 3.05) is 37.0 Å². The van der Waals surface area contributed by atoms with Crippen LogP contribution in [0.2, 0.25) is 0 Å². The van der Waals surface area contributed by atoms with E-state index in [1.807, 2.05) is 18.7 Å². The van der Waals surface area contributed by atoms with Crippen molar-refractivity contribution in [3.63, 3.8) is 0 Å². The van der Waals surface area contributed by atoms with E-state index in [1.54, 1.807) is 24.3 Å². The van der Waals surface area contributed by atoms with Gasteiger partial charge in [-0.3, -0.25) is 14.2 Å². The van der Waals surface area contributed by atoms with Crippen molar-refractivity contribution < 1.29 is 9.59 Å². The molecule has 32 heavy (non-hydrogen) atoms. The molecule has 2 amide bonds. The van der Waals surface area contributed by atoms with E-state index in [-0.39, 0.29) is 23.3 Å². The average Bonchev–Trinajstić information content (AvgIpc) is 2.75. The van der Waals surface area contributed by atoms with Gasteiger partial charge in [-0.1, -0.05) is 11.8 Å². The first-order valence-electron chi connectivity index (χ1n) is 10.9. The van der Waals surface area contributed by atoms with E-state index in [9.17, 15) is 14.4 Å². The number of aromatic nitrogens is 2. The van der Waals surface area contributed by atoms with Crippen molar-refractivity contribution in [2.45, 2.75) is 50.6 Å². The molecule has 2 aromatic rings. The van der Waals surface area contributed by atoms with Crippen LogP contribution in [0.25, 0.3) is 0 Å². The zero-order valence-corrected chi connectivity index (χ0v) is 19.8. The molecular formula is C23H31N5O3S. The number of fused-ring (bicyclic) bond motifs is 1. The predicted molar refractivity (Wildman–Crippen MR) is 128 cm³/mol. The SMILES string of the molecule is CC(=O)Nc1ccc(NC(=O)CSc2nc(=O)n(CCCN(C)C)c3c2CCCC3)cc1. The van der Waals surface area contributed by atoms with Crippen LogP contribution in [0.15, 0.2) is 34.1 Å². The molecule has 3 rings (SSSR count). The lowest BCUT2D eigenvalue weighted by molar-refractivity contribution is -0.114. The van der Waals surface area contributed by atoms with Crippen LogP contribution in [-0.4, -0.2) is 52.7 Å². The molecule has 0 aliphatic heterocycles. The number of carbonyl (C=O) groups excluding carboxylic acids is 2. The number of amides is 2. The number of benzene rings is 1. The Kier molecular flexibility index (Phi) is 8.46. The average molecular weight is 458 g/mol. The summed E-state index contributed by atoms with van der Waals surface area (Å²) in [6.45, 7) is 3.04. The molecule has 0 spiro atoms. The highest BCUT2D eigenvalue weighted by atomic mass is 32.2. The van der Waals surface area contributed by atoms with Crippen LogP contribution in [0.3, 0.4) is 0 Å². The van der Waals surface area contributed by atoms with Crippen molar-refractivity contribution in [1.29, 1.82) is 0 Å². The number of anilines is 2. The molecule has 2 N–H and O–H groups in total. The Bertz CT molecular complexity index is 1020. The maximum atomic E-state index is 12.7. The summed E-state index contributed by atoms with van der Waals surface area (Å²) >= 11 is 1.32. The van der Waals surface area contributed by atoms with Gasteiger partial charge in [-0.25, -0.2) is 4.79 Å². The number of thioether (sulfide) groups is 1. The molecule has 1 aliphatic rings. The lowest BCUT2D eigenvalue weighted by atomic mass is 9.97. The minimum absolute atomic E-state index is 0.145. The highest BCUT2D eigenvalue weighted by molar-refractivity contribution is 8.00. The van der Waals surface area contributed by atoms with E-state index in [2.05, 4.69) is 20.5 Å². The van der Waals surface area contributed by atoms with E-state index in [4.69, 9.17) is 0 Å². The van der Waals surface area contributed by atoms with Crippen molar-refractivity contribution in [3.8, 4) is 0 Å². The number of nitrogens with zero attached hydrogens (tertiary/aromatic N) is 3. The molecule has 0 unspecified atom stereocenters. The lowest BCUT2D eigenvalue weighted by Gasteiger charge is -2.23. The third-order valence-corrected chi connectivity index (χ3v) is 6.28. The standard InChI is InChI=1S/C23H31N5O3S/c1-16(29)24-17-9-11-18(12-10-17)25-21(30)15-32-22-19-7-4-5-8-20(19)28(23(31)26-22)14-6-13-27(2)3/h9-12H,4-8,13-15H2,1-3H3,(H,24,29)(H,25,30). The summed E-state index contributed by atoms with van der Waals surface area (Å²) in [4.78, 5) is 42.7. The Morgan fingerprint density at radius 1 is 1.09 bits per heavy atom. The van der Waals surface area contributed by atoms with E-state index in [0.29, 0.717) is 22.9 Å². The summed E-state index contributed by atoms with van der Waals surface area (Å²) < 4.78 is 1.83. The van der Waals surface area contributed by atoms with Gasteiger partial charge < -0.3 is 15.5 Å². The normalized spacial score (nSPS) is 13.0. The van der Waals surface area contributed by atoms with Gasteiger partial charge >= 0.3 is 5.69 Å². The minimum atomic E-state index is -0.221. The zero-order valence-electron chi connectivity index (χ0n) is 18.9. The van der Waals surface area contributed by atoms with Gasteiger partial charge in [0.25, 0.3) is 0 Å². The van der Waals surface area contributed by atoms with Crippen LogP contribution in [-0.2, 0) is 29.0 Å². The first-order valence-corrected chi connectivity index (χ1v) is 11.9. The van der Waals surface area contributed by atoms with Crippen LogP contribution < -0.4 is 16.3 Å². The Morgan fingerprint density at radius 2 is 1.75 bits per heavy atom. The van der Waals surface area contributed by atoms with E-state index in [1.165, 1.54) is 18.7 Å². The fourth-order valence-electron chi connectivity index (χ4n) is 3.81. The highest BCUT2D eigenvalue weighted by Crippen LogP contribution is 2.28. The number of hydrogen-bond acceptors (Lipinski definition) is 6. The molecule has 1 aliphatic carbocycles. The number of nitrogens with one attached hydrogen (secondary N) is 2. The molecule has 1 heterocycles. The summed E-state index contributed by atoms with van der Waals surface area (Å²) in [6.07, 6.45) is 4.82. The second kappa shape index (κ2) is 11.3. The Hall–Kier alpha value is -2.65. The smallest absolute Gasteiger partial charge is 0.326 e. The fraction of sp³-hybridized carbons (Fsp3) is 0.478. The molecule has 0 saturated heterocycles. The van der Waals surface area contributed by atoms with Crippen molar-refractivity contribution in [2.24, 2.45) is 0 Å². The van der Waals surface area contributed by atoms with Crippen LogP contribution in [0.4, 0.5) is 11.4 Å². The second-order valence-electron chi connectivity index (χ2n) is 8.24. The van der Waals surface area contributed by atoms with Crippen LogP contribution in [0, 0.1) is 0 Å². The third kappa shape index (κ3) is 6.67. The molecule has 0 saturated carbocycles. The topological polar surface area (TPSA) is 96.3 Å². The van der Waals surface area contributed by atoms with Gasteiger partial charge in [-0.05, 0) is 77.0 Å². The Morgan fingerprint density at radius 3 is 2.41 bits per heavy atom. The van der Waals surface area contributed by atoms with Crippen molar-refractivity contribution in [1.82, 2.24) is 14.5 Å². The van der Waals surface area contributed by atoms with Gasteiger partial charge in [0.2, 0.25) is 11.8 Å². The summed E-state index contributed by atoms with van der Waals surface area (Å²) in [7, 11) is 4.05. The van der Waals surface area contributed by atoms with Crippen molar-refractivity contribution >= 4 is 35.0 Å². The van der Waals surface area contributed by atoms with Gasteiger partial charge in [0.1, 0.15) is 5.03 Å². The first kappa shape index (κ1) is 24.0. The van der Waals surface area contributed by atoms with Gasteiger partial charge in [0.05, 0.1) is 5.75 Å². The largest absolute Gasteiger partial charge is 0.348 e. The van der Waals surface area contributed by atoms with Gasteiger partial charge in [-0.2, -0.15) is 4.98 Å². The van der Waals surface area contributed by atoms with E-state index < -0.39 is 0 Å². The molecule has 8 nitrogen and oxygen atoms in total. The summed E-state index contributed by atoms with van der Waals surface area (Å²) in [5.41, 5.74) is 3.31. The fourth-order valence-corrected chi connectivity index (χ4v) is 4.69. The van der Waals surface area contributed by atoms with Crippen LogP contribution >= 0.6 is 11.8 Å². The Labute approximate surface area is 192 Å². The van der Waals surface area contributed by atoms with Gasteiger partial charge in [-0.15, -0.1) is 0 Å². The van der Waals surface area contributed by atoms with Crippen LogP contribution in [0.1, 0.15) is 37.4 Å². The quantitative estimate of drug-likeness (QED) is 0.444. The number of hydrogen-bond donors (Lipinski definition) is 2. The number of rotatable bonds is 9. The van der Waals surface area contributed by atoms with E-state index in [0.717, 1.165) is 49.9 Å². The molecule has 0 bridgehead atoms. The summed E-state index contributed by atoms with van der Waals surface area (Å²) in [5, 5.41) is 6.22. The molecule has 0 atom stereocenters. The summed E-state index contributed by atoms with van der Waals surface area (Å²) in [6, 6.07) is 6.95. The van der Waals surface area contributed by atoms with Crippen LogP contribution in [0.5, 0.6) is 0 Å². The highest BCUT2D eigenvalue weighted by Gasteiger charge is 2.21.